The highest BCUT2D eigenvalue weighted by molar-refractivity contribution is 5.50. The lowest BCUT2D eigenvalue weighted by atomic mass is 10.1. The van der Waals surface area contributed by atoms with Crippen molar-refractivity contribution >= 4 is 5.69 Å². The number of hydrogen-bond donors (Lipinski definition) is 1. The molecule has 0 saturated heterocycles. The lowest BCUT2D eigenvalue weighted by Gasteiger charge is -2.09. The molecular weight excluding hydrogens is 268 g/mol. The molecule has 0 aliphatic rings. The summed E-state index contributed by atoms with van der Waals surface area (Å²) >= 11 is 0. The average Bonchev–Trinajstić information content (AvgIpc) is 2.72. The zero-order chi connectivity index (χ0) is 15.6. The summed E-state index contributed by atoms with van der Waals surface area (Å²) in [5.74, 6) is 0. The van der Waals surface area contributed by atoms with Gasteiger partial charge in [-0.3, -0.25) is 10.1 Å². The maximum absolute atomic E-state index is 11.0. The van der Waals surface area contributed by atoms with Gasteiger partial charge in [-0.2, -0.15) is 5.10 Å². The zero-order valence-corrected chi connectivity index (χ0v) is 12.8. The Bertz CT molecular complexity index is 677. The Morgan fingerprint density at radius 3 is 2.67 bits per heavy atom. The van der Waals surface area contributed by atoms with E-state index < -0.39 is 0 Å². The molecule has 6 nitrogen and oxygen atoms in total. The van der Waals surface area contributed by atoms with E-state index >= 15 is 0 Å². The molecule has 1 heterocycles. The van der Waals surface area contributed by atoms with Crippen LogP contribution < -0.4 is 5.32 Å². The molecule has 0 radical (unpaired) electrons. The van der Waals surface area contributed by atoms with E-state index in [9.17, 15) is 10.1 Å². The van der Waals surface area contributed by atoms with Crippen LogP contribution in [0.4, 0.5) is 5.69 Å². The molecule has 1 aromatic carbocycles. The summed E-state index contributed by atoms with van der Waals surface area (Å²) in [6, 6.07) is 4.85. The molecule has 0 aliphatic heterocycles. The molecule has 112 valence electrons. The Hall–Kier alpha value is -2.21. The third kappa shape index (κ3) is 2.95. The third-order valence-electron chi connectivity index (χ3n) is 3.62. The molecule has 2 aromatic rings. The number of nitrogens with zero attached hydrogens (tertiary/aromatic N) is 3. The minimum Gasteiger partial charge on any atom is -0.313 e. The number of aryl methyl sites for hydroxylation is 2. The minimum absolute atomic E-state index is 0.0800. The standard InChI is InChI=1S/C15H20N4O2/c1-5-16-9-14-11(3)17-18(12(14)4)15-8-13(19(20)21)7-6-10(15)2/h6-8,16H,5,9H2,1-4H3. The summed E-state index contributed by atoms with van der Waals surface area (Å²) < 4.78 is 1.80. The second kappa shape index (κ2) is 6.05. The Labute approximate surface area is 123 Å². The fourth-order valence-corrected chi connectivity index (χ4v) is 2.35. The molecule has 0 aliphatic carbocycles. The van der Waals surface area contributed by atoms with Crippen molar-refractivity contribution in [3.63, 3.8) is 0 Å². The van der Waals surface area contributed by atoms with Gasteiger partial charge in [-0.15, -0.1) is 0 Å². The predicted octanol–water partition coefficient (Wildman–Crippen LogP) is 2.82. The highest BCUT2D eigenvalue weighted by Crippen LogP contribution is 2.24. The molecule has 0 amide bonds. The molecule has 21 heavy (non-hydrogen) atoms. The van der Waals surface area contributed by atoms with Crippen molar-refractivity contribution in [2.45, 2.75) is 34.2 Å². The second-order valence-electron chi connectivity index (χ2n) is 5.07. The van der Waals surface area contributed by atoms with Crippen molar-refractivity contribution < 1.29 is 4.92 Å². The molecular formula is C15H20N4O2. The van der Waals surface area contributed by atoms with Crippen molar-refractivity contribution in [3.05, 3.63) is 50.8 Å². The lowest BCUT2D eigenvalue weighted by Crippen LogP contribution is -2.13. The second-order valence-corrected chi connectivity index (χ2v) is 5.07. The van der Waals surface area contributed by atoms with Crippen LogP contribution in [0.3, 0.4) is 0 Å². The van der Waals surface area contributed by atoms with Crippen molar-refractivity contribution in [1.29, 1.82) is 0 Å². The number of nitro benzene ring substituents is 1. The smallest absolute Gasteiger partial charge is 0.271 e. The maximum Gasteiger partial charge on any atom is 0.271 e. The van der Waals surface area contributed by atoms with Gasteiger partial charge in [-0.1, -0.05) is 13.0 Å². The van der Waals surface area contributed by atoms with Crippen LogP contribution in [-0.4, -0.2) is 21.2 Å². The normalized spacial score (nSPS) is 10.9. The number of nitrogens with one attached hydrogen (secondary N) is 1. The van der Waals surface area contributed by atoms with Crippen LogP contribution in [-0.2, 0) is 6.54 Å². The van der Waals surface area contributed by atoms with Gasteiger partial charge in [0.1, 0.15) is 0 Å². The van der Waals surface area contributed by atoms with Crippen LogP contribution in [0.15, 0.2) is 18.2 Å². The van der Waals surface area contributed by atoms with Crippen LogP contribution in [0.25, 0.3) is 5.69 Å². The average molecular weight is 288 g/mol. The summed E-state index contributed by atoms with van der Waals surface area (Å²) in [7, 11) is 0. The molecule has 0 saturated carbocycles. The molecule has 0 bridgehead atoms. The molecule has 0 unspecified atom stereocenters. The highest BCUT2D eigenvalue weighted by atomic mass is 16.6. The van der Waals surface area contributed by atoms with Crippen LogP contribution >= 0.6 is 0 Å². The van der Waals surface area contributed by atoms with Crippen molar-refractivity contribution in [1.82, 2.24) is 15.1 Å². The Morgan fingerprint density at radius 2 is 2.05 bits per heavy atom. The SMILES string of the molecule is CCNCc1c(C)nn(-c2cc([N+](=O)[O-])ccc2C)c1C. The van der Waals surface area contributed by atoms with E-state index in [-0.39, 0.29) is 10.6 Å². The predicted molar refractivity (Wildman–Crippen MR) is 81.8 cm³/mol. The van der Waals surface area contributed by atoms with E-state index in [2.05, 4.69) is 17.3 Å². The van der Waals surface area contributed by atoms with E-state index in [1.165, 1.54) is 6.07 Å². The Kier molecular flexibility index (Phi) is 4.37. The van der Waals surface area contributed by atoms with Gasteiger partial charge in [-0.25, -0.2) is 4.68 Å². The summed E-state index contributed by atoms with van der Waals surface area (Å²) in [4.78, 5) is 10.6. The molecule has 2 rings (SSSR count). The van der Waals surface area contributed by atoms with Crippen LogP contribution in [0.2, 0.25) is 0 Å². The minimum atomic E-state index is -0.381. The molecule has 1 N–H and O–H groups in total. The van der Waals surface area contributed by atoms with E-state index in [1.54, 1.807) is 16.8 Å². The van der Waals surface area contributed by atoms with Gasteiger partial charge in [0.15, 0.2) is 0 Å². The molecule has 1 aromatic heterocycles. The van der Waals surface area contributed by atoms with Gasteiger partial charge in [-0.05, 0) is 32.9 Å². The quantitative estimate of drug-likeness (QED) is 0.678. The number of aromatic nitrogens is 2. The number of rotatable bonds is 5. The summed E-state index contributed by atoms with van der Waals surface area (Å²) in [6.45, 7) is 9.58. The van der Waals surface area contributed by atoms with Gasteiger partial charge in [0, 0.05) is 29.9 Å². The first-order valence-electron chi connectivity index (χ1n) is 6.97. The van der Waals surface area contributed by atoms with E-state index in [0.717, 1.165) is 41.3 Å². The van der Waals surface area contributed by atoms with Crippen molar-refractivity contribution in [2.24, 2.45) is 0 Å². The zero-order valence-electron chi connectivity index (χ0n) is 12.8. The van der Waals surface area contributed by atoms with E-state index in [0.29, 0.717) is 0 Å². The maximum atomic E-state index is 11.0. The fraction of sp³-hybridized carbons (Fsp3) is 0.400. The third-order valence-corrected chi connectivity index (χ3v) is 3.62. The van der Waals surface area contributed by atoms with Crippen molar-refractivity contribution in [3.8, 4) is 5.69 Å². The molecule has 0 spiro atoms. The van der Waals surface area contributed by atoms with Gasteiger partial charge >= 0.3 is 0 Å². The van der Waals surface area contributed by atoms with Gasteiger partial charge < -0.3 is 5.32 Å². The Morgan fingerprint density at radius 1 is 1.33 bits per heavy atom. The Balaban J connectivity index is 2.52. The van der Waals surface area contributed by atoms with Crippen molar-refractivity contribution in [2.75, 3.05) is 6.54 Å². The number of nitro groups is 1. The lowest BCUT2D eigenvalue weighted by molar-refractivity contribution is -0.384. The van der Waals surface area contributed by atoms with Gasteiger partial charge in [0.25, 0.3) is 5.69 Å². The molecule has 0 fully saturated rings. The summed E-state index contributed by atoms with van der Waals surface area (Å²) in [6.07, 6.45) is 0. The fourth-order valence-electron chi connectivity index (χ4n) is 2.35. The summed E-state index contributed by atoms with van der Waals surface area (Å²) in [5, 5.41) is 18.8. The van der Waals surface area contributed by atoms with Crippen LogP contribution in [0.5, 0.6) is 0 Å². The van der Waals surface area contributed by atoms with Crippen LogP contribution in [0.1, 0.15) is 29.4 Å². The van der Waals surface area contributed by atoms with Crippen LogP contribution in [0, 0.1) is 30.9 Å². The van der Waals surface area contributed by atoms with E-state index in [4.69, 9.17) is 0 Å². The monoisotopic (exact) mass is 288 g/mol. The highest BCUT2D eigenvalue weighted by Gasteiger charge is 2.16. The molecule has 6 heteroatoms. The van der Waals surface area contributed by atoms with Gasteiger partial charge in [0.05, 0.1) is 16.3 Å². The van der Waals surface area contributed by atoms with Gasteiger partial charge in [0.2, 0.25) is 0 Å². The number of benzene rings is 1. The number of hydrogen-bond acceptors (Lipinski definition) is 4. The first-order valence-corrected chi connectivity index (χ1v) is 6.97. The summed E-state index contributed by atoms with van der Waals surface area (Å²) in [5.41, 5.74) is 4.89. The topological polar surface area (TPSA) is 73.0 Å². The van der Waals surface area contributed by atoms with E-state index in [1.807, 2.05) is 20.8 Å². The largest absolute Gasteiger partial charge is 0.313 e. The first kappa shape index (κ1) is 15.2. The molecule has 0 atom stereocenters. The first-order chi connectivity index (χ1) is 9.95. The number of non-ortho nitro benzene ring substituents is 1.